The molecule has 2 atom stereocenters. The molecule has 4 rings (SSSR count). The fourth-order valence-corrected chi connectivity index (χ4v) is 5.21. The molecule has 2 aliphatic rings. The Morgan fingerprint density at radius 2 is 1.78 bits per heavy atom. The maximum absolute atomic E-state index is 12.5. The molecule has 0 saturated carbocycles. The maximum atomic E-state index is 12.5. The summed E-state index contributed by atoms with van der Waals surface area (Å²) in [5, 5.41) is 6.77. The lowest BCUT2D eigenvalue weighted by atomic mass is 9.89. The number of anilines is 1. The molecule has 0 spiro atoms. The number of carbonyl (C=O) groups excluding carboxylic acids is 1. The number of amides is 1. The molecular weight excluding hydrogens is 376 g/mol. The topological polar surface area (TPSA) is 41.1 Å². The second-order valence-electron chi connectivity index (χ2n) is 7.62. The summed E-state index contributed by atoms with van der Waals surface area (Å²) in [6.45, 7) is 2.06. The molecule has 2 saturated heterocycles. The van der Waals surface area contributed by atoms with Crippen LogP contribution in [0.25, 0.3) is 0 Å². The third-order valence-corrected chi connectivity index (χ3v) is 6.49. The molecule has 1 amide bonds. The van der Waals surface area contributed by atoms with Gasteiger partial charge in [0.1, 0.15) is 0 Å². The monoisotopic (exact) mass is 402 g/mol. The quantitative estimate of drug-likeness (QED) is 0.700. The van der Waals surface area contributed by atoms with E-state index in [4.69, 9.17) is 0 Å². The van der Waals surface area contributed by atoms with E-state index in [9.17, 15) is 4.79 Å². The summed E-state index contributed by atoms with van der Waals surface area (Å²) in [5.41, 5.74) is 2.05. The van der Waals surface area contributed by atoms with Gasteiger partial charge < -0.3 is 10.6 Å². The average Bonchev–Trinajstić information content (AvgIpc) is 2.97. The number of hydrogen-bond acceptors (Lipinski definition) is 3. The smallest absolute Gasteiger partial charge is 0.224 e. The molecule has 0 radical (unpaired) electrons. The summed E-state index contributed by atoms with van der Waals surface area (Å²) < 4.78 is 0. The molecular formula is C22H27ClN2OS. The van der Waals surface area contributed by atoms with Gasteiger partial charge in [0, 0.05) is 34.0 Å². The van der Waals surface area contributed by atoms with Crippen LogP contribution in [-0.4, -0.2) is 18.0 Å². The van der Waals surface area contributed by atoms with Gasteiger partial charge in [-0.05, 0) is 74.4 Å². The van der Waals surface area contributed by atoms with E-state index < -0.39 is 0 Å². The van der Waals surface area contributed by atoms with E-state index in [1.54, 1.807) is 11.8 Å². The first-order valence-corrected chi connectivity index (χ1v) is 10.4. The van der Waals surface area contributed by atoms with Gasteiger partial charge in [0.25, 0.3) is 0 Å². The number of halogens is 1. The molecule has 0 aromatic heterocycles. The summed E-state index contributed by atoms with van der Waals surface area (Å²) in [4.78, 5) is 14.9. The number of nitrogens with one attached hydrogen (secondary N) is 2. The highest BCUT2D eigenvalue weighted by Gasteiger charge is 2.34. The lowest BCUT2D eigenvalue weighted by Gasteiger charge is -2.28. The molecule has 144 valence electrons. The summed E-state index contributed by atoms with van der Waals surface area (Å²) in [5.74, 6) is 0.685. The van der Waals surface area contributed by atoms with Crippen LogP contribution in [0.4, 0.5) is 5.69 Å². The number of benzene rings is 2. The van der Waals surface area contributed by atoms with Crippen molar-refractivity contribution in [2.45, 2.75) is 60.9 Å². The Bertz CT molecular complexity index is 771. The zero-order chi connectivity index (χ0) is 17.9. The van der Waals surface area contributed by atoms with Crippen LogP contribution >= 0.6 is 24.2 Å². The number of rotatable bonds is 5. The Kier molecular flexibility index (Phi) is 6.85. The predicted molar refractivity (Wildman–Crippen MR) is 115 cm³/mol. The van der Waals surface area contributed by atoms with Gasteiger partial charge in [-0.25, -0.2) is 0 Å². The number of hydrogen-bond donors (Lipinski definition) is 2. The van der Waals surface area contributed by atoms with E-state index in [2.05, 4.69) is 54.0 Å². The predicted octanol–water partition coefficient (Wildman–Crippen LogP) is 5.43. The highest BCUT2D eigenvalue weighted by atomic mass is 35.5. The van der Waals surface area contributed by atoms with Crippen LogP contribution in [0, 0.1) is 12.8 Å². The third-order valence-electron chi connectivity index (χ3n) is 5.50. The van der Waals surface area contributed by atoms with Crippen molar-refractivity contribution in [3.05, 3.63) is 54.1 Å². The van der Waals surface area contributed by atoms with E-state index >= 15 is 0 Å². The van der Waals surface area contributed by atoms with Gasteiger partial charge in [-0.3, -0.25) is 4.79 Å². The SMILES string of the molecule is Cc1cc(Sc2ccccc2)ccc1NC(=O)CC1CC2CCC(C1)N2.Cl. The second kappa shape index (κ2) is 9.13. The molecule has 5 heteroatoms. The molecule has 2 aromatic carbocycles. The van der Waals surface area contributed by atoms with Crippen molar-refractivity contribution in [3.63, 3.8) is 0 Å². The van der Waals surface area contributed by atoms with Gasteiger partial charge in [0.05, 0.1) is 0 Å². The third kappa shape index (κ3) is 5.28. The van der Waals surface area contributed by atoms with Gasteiger partial charge >= 0.3 is 0 Å². The van der Waals surface area contributed by atoms with Crippen molar-refractivity contribution >= 4 is 35.8 Å². The van der Waals surface area contributed by atoms with E-state index in [0.29, 0.717) is 24.4 Å². The van der Waals surface area contributed by atoms with Crippen LogP contribution in [-0.2, 0) is 4.79 Å². The van der Waals surface area contributed by atoms with E-state index in [1.165, 1.54) is 22.6 Å². The minimum absolute atomic E-state index is 0. The van der Waals surface area contributed by atoms with E-state index in [1.807, 2.05) is 12.1 Å². The fourth-order valence-electron chi connectivity index (χ4n) is 4.27. The van der Waals surface area contributed by atoms with Crippen LogP contribution in [0.5, 0.6) is 0 Å². The molecule has 2 bridgehead atoms. The highest BCUT2D eigenvalue weighted by Crippen LogP contribution is 2.33. The van der Waals surface area contributed by atoms with Crippen molar-refractivity contribution in [1.82, 2.24) is 5.32 Å². The van der Waals surface area contributed by atoms with Crippen LogP contribution in [0.15, 0.2) is 58.3 Å². The van der Waals surface area contributed by atoms with Crippen LogP contribution < -0.4 is 10.6 Å². The van der Waals surface area contributed by atoms with Crippen molar-refractivity contribution < 1.29 is 4.79 Å². The molecule has 0 aliphatic carbocycles. The lowest BCUT2D eigenvalue weighted by molar-refractivity contribution is -0.117. The summed E-state index contributed by atoms with van der Waals surface area (Å²) >= 11 is 1.75. The van der Waals surface area contributed by atoms with E-state index in [0.717, 1.165) is 24.1 Å². The Morgan fingerprint density at radius 3 is 2.44 bits per heavy atom. The van der Waals surface area contributed by atoms with Crippen molar-refractivity contribution in [2.24, 2.45) is 5.92 Å². The van der Waals surface area contributed by atoms with Gasteiger partial charge in [0.15, 0.2) is 0 Å². The average molecular weight is 403 g/mol. The molecule has 2 heterocycles. The molecule has 3 nitrogen and oxygen atoms in total. The largest absolute Gasteiger partial charge is 0.326 e. The maximum Gasteiger partial charge on any atom is 0.224 e. The van der Waals surface area contributed by atoms with Gasteiger partial charge in [-0.2, -0.15) is 0 Å². The van der Waals surface area contributed by atoms with Crippen LogP contribution in [0.3, 0.4) is 0 Å². The lowest BCUT2D eigenvalue weighted by Crippen LogP contribution is -2.39. The van der Waals surface area contributed by atoms with E-state index in [-0.39, 0.29) is 18.3 Å². The van der Waals surface area contributed by atoms with Gasteiger partial charge in [-0.15, -0.1) is 12.4 Å². The van der Waals surface area contributed by atoms with Crippen molar-refractivity contribution in [1.29, 1.82) is 0 Å². The molecule has 27 heavy (non-hydrogen) atoms. The van der Waals surface area contributed by atoms with Crippen molar-refractivity contribution in [3.8, 4) is 0 Å². The number of piperidine rings is 1. The molecule has 2 aromatic rings. The Balaban J connectivity index is 0.00000210. The van der Waals surface area contributed by atoms with Gasteiger partial charge in [-0.1, -0.05) is 30.0 Å². The van der Waals surface area contributed by atoms with Crippen LogP contribution in [0.1, 0.15) is 37.7 Å². The zero-order valence-electron chi connectivity index (χ0n) is 15.6. The Hall–Kier alpha value is -1.49. The second-order valence-corrected chi connectivity index (χ2v) is 8.77. The Morgan fingerprint density at radius 1 is 1.07 bits per heavy atom. The summed E-state index contributed by atoms with van der Waals surface area (Å²) in [6, 6.07) is 17.9. The molecule has 2 unspecified atom stereocenters. The minimum Gasteiger partial charge on any atom is -0.326 e. The Labute approximate surface area is 172 Å². The first-order chi connectivity index (χ1) is 12.7. The molecule has 2 aliphatic heterocycles. The minimum atomic E-state index is 0. The number of fused-ring (bicyclic) bond motifs is 2. The summed E-state index contributed by atoms with van der Waals surface area (Å²) in [7, 11) is 0. The number of aryl methyl sites for hydroxylation is 1. The molecule has 2 N–H and O–H groups in total. The summed E-state index contributed by atoms with van der Waals surface area (Å²) in [6.07, 6.45) is 5.50. The zero-order valence-corrected chi connectivity index (χ0v) is 17.2. The van der Waals surface area contributed by atoms with Crippen molar-refractivity contribution in [2.75, 3.05) is 5.32 Å². The first-order valence-electron chi connectivity index (χ1n) is 9.55. The first kappa shape index (κ1) is 20.2. The fraction of sp³-hybridized carbons (Fsp3) is 0.409. The normalized spacial score (nSPS) is 23.5. The van der Waals surface area contributed by atoms with Crippen LogP contribution in [0.2, 0.25) is 0 Å². The highest BCUT2D eigenvalue weighted by molar-refractivity contribution is 7.99. The number of carbonyl (C=O) groups is 1. The molecule has 2 fully saturated rings. The standard InChI is InChI=1S/C22H26N2OS.ClH/c1-15-11-20(26-19-5-3-2-4-6-19)9-10-21(15)24-22(25)14-16-12-17-7-8-18(13-16)23-17;/h2-6,9-11,16-18,23H,7-8,12-14H2,1H3,(H,24,25);1H. The van der Waals surface area contributed by atoms with Gasteiger partial charge in [0.2, 0.25) is 5.91 Å².